The first-order valence-corrected chi connectivity index (χ1v) is 7.20. The molecule has 92 valence electrons. The van der Waals surface area contributed by atoms with Gasteiger partial charge in [0.25, 0.3) is 0 Å². The van der Waals surface area contributed by atoms with Crippen molar-refractivity contribution in [3.8, 4) is 0 Å². The molecule has 4 heteroatoms. The summed E-state index contributed by atoms with van der Waals surface area (Å²) in [5, 5.41) is 0. The number of hydrogen-bond donors (Lipinski definition) is 0. The molecule has 1 heterocycles. The highest BCUT2D eigenvalue weighted by atomic mass is 32.2. The zero-order valence-electron chi connectivity index (χ0n) is 10.3. The minimum atomic E-state index is 0.116. The van der Waals surface area contributed by atoms with Gasteiger partial charge in [-0.1, -0.05) is 19.1 Å². The lowest BCUT2D eigenvalue weighted by Crippen LogP contribution is -2.24. The van der Waals surface area contributed by atoms with E-state index in [1.54, 1.807) is 0 Å². The molecule has 0 fully saturated rings. The topological polar surface area (TPSA) is 26.9 Å². The summed E-state index contributed by atoms with van der Waals surface area (Å²) in [5.41, 5.74) is 2.21. The summed E-state index contributed by atoms with van der Waals surface area (Å²) >= 11 is 1.87. The van der Waals surface area contributed by atoms with E-state index in [9.17, 15) is 4.79 Å². The first-order chi connectivity index (χ1) is 8.29. The average molecular weight is 250 g/mol. The molecule has 0 saturated carbocycles. The molecule has 0 bridgehead atoms. The quantitative estimate of drug-likeness (QED) is 0.763. The molecule has 0 aliphatic carbocycles. The van der Waals surface area contributed by atoms with Crippen molar-refractivity contribution < 1.29 is 0 Å². The van der Waals surface area contributed by atoms with Gasteiger partial charge in [-0.3, -0.25) is 9.13 Å². The maximum absolute atomic E-state index is 12.2. The molecule has 0 amide bonds. The summed E-state index contributed by atoms with van der Waals surface area (Å²) in [6.07, 6.45) is 0. The third-order valence-corrected chi connectivity index (χ3v) is 3.78. The van der Waals surface area contributed by atoms with E-state index in [1.165, 1.54) is 0 Å². The van der Waals surface area contributed by atoms with Crippen LogP contribution < -0.4 is 5.69 Å². The lowest BCUT2D eigenvalue weighted by molar-refractivity contribution is 0.674. The summed E-state index contributed by atoms with van der Waals surface area (Å²) in [5.74, 6) is 2.09. The van der Waals surface area contributed by atoms with Crippen LogP contribution in [0.3, 0.4) is 0 Å². The van der Waals surface area contributed by atoms with E-state index in [4.69, 9.17) is 0 Å². The summed E-state index contributed by atoms with van der Waals surface area (Å²) in [7, 11) is 0. The maximum Gasteiger partial charge on any atom is 0.329 e. The van der Waals surface area contributed by atoms with Crippen LogP contribution >= 0.6 is 11.8 Å². The number of benzene rings is 1. The Hall–Kier alpha value is -1.16. The number of imidazole rings is 1. The van der Waals surface area contributed by atoms with Gasteiger partial charge in [-0.15, -0.1) is 0 Å². The van der Waals surface area contributed by atoms with Crippen LogP contribution in [0.5, 0.6) is 0 Å². The fourth-order valence-corrected chi connectivity index (χ4v) is 2.69. The zero-order chi connectivity index (χ0) is 12.3. The van der Waals surface area contributed by atoms with Crippen LogP contribution in [0.2, 0.25) is 0 Å². The number of nitrogens with zero attached hydrogens (tertiary/aromatic N) is 2. The Morgan fingerprint density at radius 3 is 2.35 bits per heavy atom. The van der Waals surface area contributed by atoms with Crippen molar-refractivity contribution in [1.29, 1.82) is 0 Å². The van der Waals surface area contributed by atoms with Crippen LogP contribution in [-0.4, -0.2) is 20.6 Å². The van der Waals surface area contributed by atoms with E-state index in [2.05, 4.69) is 6.92 Å². The predicted octanol–water partition coefficient (Wildman–Crippen LogP) is 2.58. The smallest absolute Gasteiger partial charge is 0.292 e. The van der Waals surface area contributed by atoms with Crippen molar-refractivity contribution in [2.24, 2.45) is 0 Å². The van der Waals surface area contributed by atoms with Gasteiger partial charge in [0, 0.05) is 18.8 Å². The number of thioether (sulfide) groups is 1. The standard InChI is InChI=1S/C13H18N2OS/c1-3-14-11-7-5-6-8-12(11)15(13(14)16)9-10-17-4-2/h5-8H,3-4,9-10H2,1-2H3. The largest absolute Gasteiger partial charge is 0.329 e. The normalized spacial score (nSPS) is 11.2. The van der Waals surface area contributed by atoms with E-state index in [0.717, 1.165) is 35.6 Å². The molecule has 0 saturated heterocycles. The number of aryl methyl sites for hydroxylation is 2. The van der Waals surface area contributed by atoms with Crippen molar-refractivity contribution in [2.45, 2.75) is 26.9 Å². The summed E-state index contributed by atoms with van der Waals surface area (Å²) in [6, 6.07) is 8.02. The second kappa shape index (κ2) is 5.45. The SMILES string of the molecule is CCSCCn1c(=O)n(CC)c2ccccc21. The highest BCUT2D eigenvalue weighted by molar-refractivity contribution is 7.99. The highest BCUT2D eigenvalue weighted by Gasteiger charge is 2.10. The van der Waals surface area contributed by atoms with Gasteiger partial charge in [-0.2, -0.15) is 11.8 Å². The van der Waals surface area contributed by atoms with Gasteiger partial charge in [0.15, 0.2) is 0 Å². The zero-order valence-corrected chi connectivity index (χ0v) is 11.2. The Kier molecular flexibility index (Phi) is 3.94. The van der Waals surface area contributed by atoms with Crippen molar-refractivity contribution in [1.82, 2.24) is 9.13 Å². The van der Waals surface area contributed by atoms with Gasteiger partial charge in [-0.05, 0) is 24.8 Å². The van der Waals surface area contributed by atoms with E-state index in [0.29, 0.717) is 0 Å². The van der Waals surface area contributed by atoms with Crippen molar-refractivity contribution in [3.05, 3.63) is 34.7 Å². The number of para-hydroxylation sites is 2. The first kappa shape index (κ1) is 12.3. The Labute approximate surface area is 105 Å². The van der Waals surface area contributed by atoms with Gasteiger partial charge in [0.05, 0.1) is 11.0 Å². The Bertz CT molecular complexity index is 556. The van der Waals surface area contributed by atoms with Crippen LogP contribution in [0, 0.1) is 0 Å². The molecule has 17 heavy (non-hydrogen) atoms. The Morgan fingerprint density at radius 2 is 1.76 bits per heavy atom. The van der Waals surface area contributed by atoms with E-state index in [1.807, 2.05) is 52.1 Å². The third kappa shape index (κ3) is 2.27. The summed E-state index contributed by atoms with van der Waals surface area (Å²) < 4.78 is 3.73. The molecule has 0 atom stereocenters. The van der Waals surface area contributed by atoms with E-state index >= 15 is 0 Å². The second-order valence-corrected chi connectivity index (χ2v) is 5.26. The molecule has 0 spiro atoms. The molecule has 2 rings (SSSR count). The minimum Gasteiger partial charge on any atom is -0.292 e. The summed E-state index contributed by atoms with van der Waals surface area (Å²) in [4.78, 5) is 12.2. The van der Waals surface area contributed by atoms with Crippen LogP contribution in [0.1, 0.15) is 13.8 Å². The van der Waals surface area contributed by atoms with Crippen molar-refractivity contribution in [3.63, 3.8) is 0 Å². The minimum absolute atomic E-state index is 0.116. The summed E-state index contributed by atoms with van der Waals surface area (Å²) in [6.45, 7) is 5.68. The molecular weight excluding hydrogens is 232 g/mol. The number of rotatable bonds is 5. The van der Waals surface area contributed by atoms with E-state index in [-0.39, 0.29) is 5.69 Å². The fraction of sp³-hybridized carbons (Fsp3) is 0.462. The molecule has 0 unspecified atom stereocenters. The number of hydrogen-bond acceptors (Lipinski definition) is 2. The van der Waals surface area contributed by atoms with Crippen LogP contribution in [0.4, 0.5) is 0 Å². The fourth-order valence-electron chi connectivity index (χ4n) is 2.09. The van der Waals surface area contributed by atoms with Gasteiger partial charge in [0.1, 0.15) is 0 Å². The molecule has 2 aromatic rings. The van der Waals surface area contributed by atoms with Gasteiger partial charge >= 0.3 is 5.69 Å². The molecule has 0 aliphatic heterocycles. The first-order valence-electron chi connectivity index (χ1n) is 6.05. The second-order valence-electron chi connectivity index (χ2n) is 3.86. The highest BCUT2D eigenvalue weighted by Crippen LogP contribution is 2.13. The average Bonchev–Trinajstić information content (AvgIpc) is 2.62. The van der Waals surface area contributed by atoms with Gasteiger partial charge in [-0.25, -0.2) is 4.79 Å². The van der Waals surface area contributed by atoms with Crippen LogP contribution in [-0.2, 0) is 13.1 Å². The Morgan fingerprint density at radius 1 is 1.12 bits per heavy atom. The third-order valence-electron chi connectivity index (χ3n) is 2.90. The number of aromatic nitrogens is 2. The van der Waals surface area contributed by atoms with Gasteiger partial charge < -0.3 is 0 Å². The number of fused-ring (bicyclic) bond motifs is 1. The van der Waals surface area contributed by atoms with Crippen molar-refractivity contribution in [2.75, 3.05) is 11.5 Å². The maximum atomic E-state index is 12.2. The molecule has 0 aliphatic rings. The predicted molar refractivity (Wildman–Crippen MR) is 74.9 cm³/mol. The monoisotopic (exact) mass is 250 g/mol. The molecule has 1 aromatic heterocycles. The lowest BCUT2D eigenvalue weighted by Gasteiger charge is -2.01. The Balaban J connectivity index is 2.47. The van der Waals surface area contributed by atoms with Crippen molar-refractivity contribution >= 4 is 22.8 Å². The molecule has 0 radical (unpaired) electrons. The molecule has 3 nitrogen and oxygen atoms in total. The lowest BCUT2D eigenvalue weighted by atomic mass is 10.3. The van der Waals surface area contributed by atoms with Gasteiger partial charge in [0.2, 0.25) is 0 Å². The molecule has 0 N–H and O–H groups in total. The molecular formula is C13H18N2OS. The molecule has 1 aromatic carbocycles. The van der Waals surface area contributed by atoms with E-state index < -0.39 is 0 Å². The van der Waals surface area contributed by atoms with Crippen LogP contribution in [0.15, 0.2) is 29.1 Å². The van der Waals surface area contributed by atoms with Crippen LogP contribution in [0.25, 0.3) is 11.0 Å².